The molecule has 3 N–H and O–H groups in total. The van der Waals surface area contributed by atoms with Gasteiger partial charge in [-0.05, 0) is 39.0 Å². The van der Waals surface area contributed by atoms with Crippen LogP contribution in [0.5, 0.6) is 0 Å². The van der Waals surface area contributed by atoms with Gasteiger partial charge in [0.1, 0.15) is 0 Å². The van der Waals surface area contributed by atoms with Crippen LogP contribution < -0.4 is 15.4 Å². The molecule has 0 spiro atoms. The van der Waals surface area contributed by atoms with Gasteiger partial charge in [-0.25, -0.2) is 13.1 Å². The molecule has 6 nitrogen and oxygen atoms in total. The number of hydrogen-bond acceptors (Lipinski definition) is 5. The SMILES string of the molecule is CC(C)(C)NS(=O)(=O)c1cccc(NC(=O)C2CSCN2)c1. The summed E-state index contributed by atoms with van der Waals surface area (Å²) in [6.45, 7) is 5.33. The first-order valence-corrected chi connectivity index (χ1v) is 9.57. The highest BCUT2D eigenvalue weighted by molar-refractivity contribution is 7.99. The van der Waals surface area contributed by atoms with Gasteiger partial charge in [0.05, 0.1) is 10.9 Å². The average Bonchev–Trinajstić information content (AvgIpc) is 2.90. The molecule has 1 unspecified atom stereocenters. The summed E-state index contributed by atoms with van der Waals surface area (Å²) in [6, 6.07) is 6.03. The van der Waals surface area contributed by atoms with Crippen molar-refractivity contribution < 1.29 is 13.2 Å². The Bertz CT molecular complexity index is 648. The van der Waals surface area contributed by atoms with Crippen molar-refractivity contribution in [1.29, 1.82) is 0 Å². The fraction of sp³-hybridized carbons (Fsp3) is 0.500. The van der Waals surface area contributed by atoms with Crippen LogP contribution in [0.2, 0.25) is 0 Å². The van der Waals surface area contributed by atoms with Crippen LogP contribution in [0.15, 0.2) is 29.2 Å². The van der Waals surface area contributed by atoms with Crippen molar-refractivity contribution in [1.82, 2.24) is 10.0 Å². The van der Waals surface area contributed by atoms with Crippen molar-refractivity contribution in [2.45, 2.75) is 37.2 Å². The quantitative estimate of drug-likeness (QED) is 0.768. The second-order valence-corrected chi connectivity index (χ2v) is 8.86. The van der Waals surface area contributed by atoms with Crippen LogP contribution in [0.3, 0.4) is 0 Å². The lowest BCUT2D eigenvalue weighted by molar-refractivity contribution is -0.117. The van der Waals surface area contributed by atoms with E-state index in [4.69, 9.17) is 0 Å². The third-order valence-corrected chi connectivity index (χ3v) is 5.58. The molecule has 1 aromatic carbocycles. The summed E-state index contributed by atoms with van der Waals surface area (Å²) in [7, 11) is -3.62. The summed E-state index contributed by atoms with van der Waals surface area (Å²) >= 11 is 1.66. The first-order valence-electron chi connectivity index (χ1n) is 6.93. The highest BCUT2D eigenvalue weighted by Crippen LogP contribution is 2.18. The molecule has 1 aromatic rings. The molecule has 0 saturated carbocycles. The molecule has 0 aliphatic carbocycles. The molecule has 1 fully saturated rings. The number of thioether (sulfide) groups is 1. The zero-order valence-corrected chi connectivity index (χ0v) is 14.5. The lowest BCUT2D eigenvalue weighted by atomic mass is 10.1. The van der Waals surface area contributed by atoms with Crippen LogP contribution in [0.4, 0.5) is 5.69 Å². The molecule has 1 amide bonds. The van der Waals surface area contributed by atoms with Gasteiger partial charge in [0, 0.05) is 22.9 Å². The Morgan fingerprint density at radius 2 is 2.09 bits per heavy atom. The minimum absolute atomic E-state index is 0.133. The molecular formula is C14H21N3O3S2. The number of rotatable bonds is 4. The largest absolute Gasteiger partial charge is 0.325 e. The molecule has 1 aliphatic heterocycles. The molecule has 122 valence electrons. The van der Waals surface area contributed by atoms with Crippen molar-refractivity contribution in [3.63, 3.8) is 0 Å². The van der Waals surface area contributed by atoms with Crippen LogP contribution >= 0.6 is 11.8 Å². The van der Waals surface area contributed by atoms with Crippen LogP contribution in [0.1, 0.15) is 20.8 Å². The number of amides is 1. The normalized spacial score (nSPS) is 19.1. The summed E-state index contributed by atoms with van der Waals surface area (Å²) in [6.07, 6.45) is 0. The molecular weight excluding hydrogens is 322 g/mol. The molecule has 1 atom stereocenters. The topological polar surface area (TPSA) is 87.3 Å². The standard InChI is InChI=1S/C14H21N3O3S2/c1-14(2,3)17-22(19,20)11-6-4-5-10(7-11)16-13(18)12-8-21-9-15-12/h4-7,12,15,17H,8-9H2,1-3H3,(H,16,18). The molecule has 0 aromatic heterocycles. The Labute approximate surface area is 135 Å². The van der Waals surface area contributed by atoms with Gasteiger partial charge in [0.2, 0.25) is 15.9 Å². The molecule has 0 bridgehead atoms. The van der Waals surface area contributed by atoms with E-state index in [0.717, 1.165) is 11.6 Å². The van der Waals surface area contributed by atoms with Gasteiger partial charge in [-0.15, -0.1) is 11.8 Å². The molecule has 22 heavy (non-hydrogen) atoms. The third kappa shape index (κ3) is 4.70. The summed E-state index contributed by atoms with van der Waals surface area (Å²) in [5.41, 5.74) is -0.0937. The van der Waals surface area contributed by atoms with E-state index in [1.807, 2.05) is 0 Å². The summed E-state index contributed by atoms with van der Waals surface area (Å²) < 4.78 is 27.2. The molecule has 0 radical (unpaired) electrons. The number of nitrogens with one attached hydrogen (secondary N) is 3. The zero-order valence-electron chi connectivity index (χ0n) is 12.8. The maximum absolute atomic E-state index is 12.3. The number of hydrogen-bond donors (Lipinski definition) is 3. The van der Waals surface area contributed by atoms with Crippen molar-refractivity contribution in [2.24, 2.45) is 0 Å². The van der Waals surface area contributed by atoms with E-state index in [1.54, 1.807) is 44.7 Å². The minimum atomic E-state index is -3.62. The molecule has 2 rings (SSSR count). The summed E-state index contributed by atoms with van der Waals surface area (Å²) in [5.74, 6) is 1.32. The van der Waals surface area contributed by atoms with Crippen molar-refractivity contribution in [3.8, 4) is 0 Å². The van der Waals surface area contributed by atoms with Gasteiger partial charge in [0.15, 0.2) is 0 Å². The second kappa shape index (κ2) is 6.57. The monoisotopic (exact) mass is 343 g/mol. The van der Waals surface area contributed by atoms with Crippen LogP contribution in [-0.2, 0) is 14.8 Å². The van der Waals surface area contributed by atoms with E-state index >= 15 is 0 Å². The van der Waals surface area contributed by atoms with Crippen molar-refractivity contribution >= 4 is 33.4 Å². The van der Waals surface area contributed by atoms with Crippen LogP contribution in [0.25, 0.3) is 0 Å². The van der Waals surface area contributed by atoms with Gasteiger partial charge in [-0.1, -0.05) is 6.07 Å². The van der Waals surface area contributed by atoms with Crippen molar-refractivity contribution in [3.05, 3.63) is 24.3 Å². The first kappa shape index (κ1) is 17.3. The predicted octanol–water partition coefficient (Wildman–Crippen LogP) is 1.36. The Kier molecular flexibility index (Phi) is 5.16. The van der Waals surface area contributed by atoms with E-state index in [0.29, 0.717) is 5.69 Å². The number of sulfonamides is 1. The number of carbonyl (C=O) groups is 1. The Hall–Kier alpha value is -1.09. The molecule has 1 saturated heterocycles. The molecule has 8 heteroatoms. The Morgan fingerprint density at radius 3 is 2.68 bits per heavy atom. The highest BCUT2D eigenvalue weighted by atomic mass is 32.2. The van der Waals surface area contributed by atoms with Gasteiger partial charge in [-0.3, -0.25) is 10.1 Å². The summed E-state index contributed by atoms with van der Waals surface area (Å²) in [5, 5.41) is 5.83. The lowest BCUT2D eigenvalue weighted by Gasteiger charge is -2.20. The first-order chi connectivity index (χ1) is 10.2. The van der Waals surface area contributed by atoms with Crippen LogP contribution in [0, 0.1) is 0 Å². The average molecular weight is 343 g/mol. The molecule has 1 heterocycles. The van der Waals surface area contributed by atoms with Crippen LogP contribution in [-0.4, -0.2) is 37.5 Å². The Morgan fingerprint density at radius 1 is 1.36 bits per heavy atom. The smallest absolute Gasteiger partial charge is 0.242 e. The number of benzene rings is 1. The second-order valence-electron chi connectivity index (χ2n) is 6.14. The van der Waals surface area contributed by atoms with Crippen molar-refractivity contribution in [2.75, 3.05) is 16.9 Å². The number of anilines is 1. The maximum atomic E-state index is 12.3. The fourth-order valence-electron chi connectivity index (χ4n) is 2.00. The van der Waals surface area contributed by atoms with E-state index < -0.39 is 15.6 Å². The maximum Gasteiger partial charge on any atom is 0.242 e. The van der Waals surface area contributed by atoms with Gasteiger partial charge >= 0.3 is 0 Å². The Balaban J connectivity index is 2.14. The highest BCUT2D eigenvalue weighted by Gasteiger charge is 2.24. The lowest BCUT2D eigenvalue weighted by Crippen LogP contribution is -2.40. The fourth-order valence-corrected chi connectivity index (χ4v) is 4.40. The summed E-state index contributed by atoms with van der Waals surface area (Å²) in [4.78, 5) is 12.2. The predicted molar refractivity (Wildman–Crippen MR) is 89.4 cm³/mol. The van der Waals surface area contributed by atoms with E-state index in [2.05, 4.69) is 15.4 Å². The van der Waals surface area contributed by atoms with E-state index in [9.17, 15) is 13.2 Å². The van der Waals surface area contributed by atoms with Gasteiger partial charge < -0.3 is 5.32 Å². The minimum Gasteiger partial charge on any atom is -0.325 e. The van der Waals surface area contributed by atoms with Gasteiger partial charge in [0.25, 0.3) is 0 Å². The van der Waals surface area contributed by atoms with Gasteiger partial charge in [-0.2, -0.15) is 0 Å². The van der Waals surface area contributed by atoms with E-state index in [1.165, 1.54) is 12.1 Å². The third-order valence-electron chi connectivity index (χ3n) is 2.89. The zero-order chi connectivity index (χ0) is 16.4. The molecule has 1 aliphatic rings. The number of carbonyl (C=O) groups excluding carboxylic acids is 1. The van der Waals surface area contributed by atoms with E-state index in [-0.39, 0.29) is 16.8 Å².